The number of hydrogen-bond acceptors (Lipinski definition) is 3. The summed E-state index contributed by atoms with van der Waals surface area (Å²) in [5.74, 6) is -0.359. The Labute approximate surface area is 153 Å². The summed E-state index contributed by atoms with van der Waals surface area (Å²) in [6, 6.07) is 5.85. The maximum absolute atomic E-state index is 12.8. The van der Waals surface area contributed by atoms with Crippen LogP contribution in [0, 0.1) is 37.5 Å². The zero-order valence-electron chi connectivity index (χ0n) is 15.2. The van der Waals surface area contributed by atoms with Crippen LogP contribution in [0.4, 0.5) is 5.69 Å². The first-order chi connectivity index (χ1) is 12.5. The molecule has 0 radical (unpaired) electrons. The van der Waals surface area contributed by atoms with Crippen molar-refractivity contribution in [2.75, 3.05) is 11.9 Å². The average molecular weight is 352 g/mol. The van der Waals surface area contributed by atoms with Crippen LogP contribution in [-0.4, -0.2) is 29.2 Å². The standard InChI is InChI=1S/C21H24N2O3/c1-12-4-3-5-13(2)19(12)22-16(24)10-11-23-20(25)17-14-6-7-15(9-8-14)18(17)21(23)26/h3-7,14-15,17-18H,8-11H2,1-2H3,(H,22,24)/t14-,15-,17-,18+/m0/s1. The van der Waals surface area contributed by atoms with Gasteiger partial charge < -0.3 is 5.32 Å². The second-order valence-corrected chi connectivity index (χ2v) is 7.73. The minimum atomic E-state index is -0.201. The molecule has 5 rings (SSSR count). The van der Waals surface area contributed by atoms with Crippen molar-refractivity contribution < 1.29 is 14.4 Å². The molecule has 1 aliphatic heterocycles. The van der Waals surface area contributed by atoms with Crippen molar-refractivity contribution in [1.29, 1.82) is 0 Å². The van der Waals surface area contributed by atoms with Gasteiger partial charge in [0.25, 0.3) is 0 Å². The maximum Gasteiger partial charge on any atom is 0.233 e. The monoisotopic (exact) mass is 352 g/mol. The number of carbonyl (C=O) groups is 3. The van der Waals surface area contributed by atoms with Crippen molar-refractivity contribution in [3.05, 3.63) is 41.5 Å². The van der Waals surface area contributed by atoms with Crippen LogP contribution >= 0.6 is 0 Å². The zero-order valence-corrected chi connectivity index (χ0v) is 15.2. The highest BCUT2D eigenvalue weighted by molar-refractivity contribution is 6.06. The number of allylic oxidation sites excluding steroid dienone is 2. The van der Waals surface area contributed by atoms with E-state index in [1.54, 1.807) is 0 Å². The molecule has 5 nitrogen and oxygen atoms in total. The fourth-order valence-corrected chi connectivity index (χ4v) is 4.78. The summed E-state index contributed by atoms with van der Waals surface area (Å²) < 4.78 is 0. The number of hydrogen-bond donors (Lipinski definition) is 1. The highest BCUT2D eigenvalue weighted by atomic mass is 16.2. The normalized spacial score (nSPS) is 29.2. The molecule has 3 aliphatic carbocycles. The molecule has 5 heteroatoms. The van der Waals surface area contributed by atoms with Gasteiger partial charge in [0.05, 0.1) is 11.8 Å². The Morgan fingerprint density at radius 3 is 2.08 bits per heavy atom. The summed E-state index contributed by atoms with van der Waals surface area (Å²) in [7, 11) is 0. The van der Waals surface area contributed by atoms with Gasteiger partial charge in [-0.3, -0.25) is 19.3 Å². The predicted octanol–water partition coefficient (Wildman–Crippen LogP) is 2.83. The first kappa shape index (κ1) is 17.0. The molecule has 4 atom stereocenters. The number of rotatable bonds is 4. The number of nitrogens with one attached hydrogen (secondary N) is 1. The van der Waals surface area contributed by atoms with Crippen LogP contribution in [-0.2, 0) is 14.4 Å². The van der Waals surface area contributed by atoms with Gasteiger partial charge in [0.2, 0.25) is 17.7 Å². The number of para-hydroxylation sites is 1. The molecular weight excluding hydrogens is 328 g/mol. The van der Waals surface area contributed by atoms with E-state index in [4.69, 9.17) is 0 Å². The molecule has 2 bridgehead atoms. The Balaban J connectivity index is 1.42. The quantitative estimate of drug-likeness (QED) is 0.669. The van der Waals surface area contributed by atoms with Crippen LogP contribution in [0.1, 0.15) is 30.4 Å². The van der Waals surface area contributed by atoms with E-state index < -0.39 is 0 Å². The van der Waals surface area contributed by atoms with E-state index in [0.29, 0.717) is 0 Å². The highest BCUT2D eigenvalue weighted by Crippen LogP contribution is 2.49. The molecular formula is C21H24N2O3. The molecule has 3 amide bonds. The van der Waals surface area contributed by atoms with Gasteiger partial charge in [-0.25, -0.2) is 0 Å². The Morgan fingerprint density at radius 1 is 1.04 bits per heavy atom. The fourth-order valence-electron chi connectivity index (χ4n) is 4.78. The van der Waals surface area contributed by atoms with Gasteiger partial charge in [0, 0.05) is 18.7 Å². The number of imide groups is 1. The number of aryl methyl sites for hydroxylation is 2. The van der Waals surface area contributed by atoms with Crippen LogP contribution in [0.5, 0.6) is 0 Å². The number of likely N-dealkylation sites (tertiary alicyclic amines) is 1. The van der Waals surface area contributed by atoms with Gasteiger partial charge in [0.1, 0.15) is 0 Å². The number of fused-ring (bicyclic) bond motifs is 1. The summed E-state index contributed by atoms with van der Waals surface area (Å²) in [5.41, 5.74) is 2.81. The number of benzene rings is 1. The topological polar surface area (TPSA) is 66.5 Å². The van der Waals surface area contributed by atoms with Crippen LogP contribution in [0.25, 0.3) is 0 Å². The number of anilines is 1. The van der Waals surface area contributed by atoms with E-state index >= 15 is 0 Å². The lowest BCUT2D eigenvalue weighted by atomic mass is 9.63. The average Bonchev–Trinajstić information content (AvgIpc) is 2.90. The summed E-state index contributed by atoms with van der Waals surface area (Å²) in [4.78, 5) is 39.2. The van der Waals surface area contributed by atoms with E-state index in [1.807, 2.05) is 32.0 Å². The Morgan fingerprint density at radius 2 is 1.58 bits per heavy atom. The predicted molar refractivity (Wildman–Crippen MR) is 98.2 cm³/mol. The molecule has 2 fully saturated rings. The second-order valence-electron chi connectivity index (χ2n) is 7.73. The number of nitrogens with zero attached hydrogens (tertiary/aromatic N) is 1. The second kappa shape index (κ2) is 6.38. The van der Waals surface area contributed by atoms with E-state index in [0.717, 1.165) is 29.7 Å². The van der Waals surface area contributed by atoms with Crippen LogP contribution in [0.15, 0.2) is 30.4 Å². The molecule has 1 N–H and O–H groups in total. The third kappa shape index (κ3) is 2.66. The van der Waals surface area contributed by atoms with Crippen molar-refractivity contribution in [3.63, 3.8) is 0 Å². The molecule has 0 aromatic heterocycles. The van der Waals surface area contributed by atoms with E-state index in [-0.39, 0.29) is 54.4 Å². The third-order valence-electron chi connectivity index (χ3n) is 6.16. The van der Waals surface area contributed by atoms with Crippen molar-refractivity contribution in [2.24, 2.45) is 23.7 Å². The Bertz CT molecular complexity index is 761. The number of amides is 3. The van der Waals surface area contributed by atoms with Gasteiger partial charge in [-0.05, 0) is 49.7 Å². The van der Waals surface area contributed by atoms with Gasteiger partial charge in [-0.1, -0.05) is 30.4 Å². The largest absolute Gasteiger partial charge is 0.326 e. The first-order valence-corrected chi connectivity index (χ1v) is 9.37. The summed E-state index contributed by atoms with van der Waals surface area (Å²) in [6.07, 6.45) is 6.33. The highest BCUT2D eigenvalue weighted by Gasteiger charge is 2.56. The minimum absolute atomic E-state index is 0.0843. The molecule has 1 aromatic carbocycles. The molecule has 0 spiro atoms. The molecule has 1 saturated carbocycles. The zero-order chi connectivity index (χ0) is 18.4. The summed E-state index contributed by atoms with van der Waals surface area (Å²) in [5, 5.41) is 2.92. The lowest BCUT2D eigenvalue weighted by molar-refractivity contribution is -0.140. The Kier molecular flexibility index (Phi) is 4.17. The summed E-state index contributed by atoms with van der Waals surface area (Å²) in [6.45, 7) is 4.06. The SMILES string of the molecule is Cc1cccc(C)c1NC(=O)CCN1C(=O)[C@@H]2[C@H](C1=O)[C@H]1C=C[C@H]2CC1. The third-order valence-corrected chi connectivity index (χ3v) is 6.16. The first-order valence-electron chi connectivity index (χ1n) is 9.37. The molecule has 26 heavy (non-hydrogen) atoms. The van der Waals surface area contributed by atoms with Gasteiger partial charge >= 0.3 is 0 Å². The lowest BCUT2D eigenvalue weighted by Gasteiger charge is -2.38. The van der Waals surface area contributed by atoms with E-state index in [1.165, 1.54) is 4.90 Å². The van der Waals surface area contributed by atoms with Gasteiger partial charge in [-0.2, -0.15) is 0 Å². The Hall–Kier alpha value is -2.43. The van der Waals surface area contributed by atoms with Crippen LogP contribution in [0.2, 0.25) is 0 Å². The minimum Gasteiger partial charge on any atom is -0.326 e. The van der Waals surface area contributed by atoms with E-state index in [9.17, 15) is 14.4 Å². The lowest BCUT2D eigenvalue weighted by Crippen LogP contribution is -2.38. The molecule has 136 valence electrons. The molecule has 1 heterocycles. The van der Waals surface area contributed by atoms with E-state index in [2.05, 4.69) is 17.5 Å². The van der Waals surface area contributed by atoms with Gasteiger partial charge in [-0.15, -0.1) is 0 Å². The van der Waals surface area contributed by atoms with Crippen molar-refractivity contribution in [2.45, 2.75) is 33.1 Å². The van der Waals surface area contributed by atoms with Crippen molar-refractivity contribution in [1.82, 2.24) is 4.90 Å². The smallest absolute Gasteiger partial charge is 0.233 e. The fraction of sp³-hybridized carbons (Fsp3) is 0.476. The number of carbonyl (C=O) groups excluding carboxylic acids is 3. The van der Waals surface area contributed by atoms with Crippen molar-refractivity contribution >= 4 is 23.4 Å². The van der Waals surface area contributed by atoms with Crippen LogP contribution < -0.4 is 5.32 Å². The van der Waals surface area contributed by atoms with Crippen molar-refractivity contribution in [3.8, 4) is 0 Å². The maximum atomic E-state index is 12.8. The molecule has 1 aromatic rings. The summed E-state index contributed by atoms with van der Waals surface area (Å²) >= 11 is 0. The molecule has 0 unspecified atom stereocenters. The molecule has 1 saturated heterocycles. The van der Waals surface area contributed by atoms with Gasteiger partial charge in [0.15, 0.2) is 0 Å². The van der Waals surface area contributed by atoms with Crippen LogP contribution in [0.3, 0.4) is 0 Å². The molecule has 4 aliphatic rings.